The molecule has 0 radical (unpaired) electrons. The molecule has 0 bridgehead atoms. The first-order valence-corrected chi connectivity index (χ1v) is 10.5. The summed E-state index contributed by atoms with van der Waals surface area (Å²) in [6.07, 6.45) is -4.12. The van der Waals surface area contributed by atoms with Gasteiger partial charge in [-0.15, -0.1) is 11.3 Å². The quantitative estimate of drug-likeness (QED) is 0.557. The molecule has 166 valence electrons. The van der Waals surface area contributed by atoms with Crippen LogP contribution in [0.5, 0.6) is 0 Å². The molecule has 1 amide bonds. The number of thiazole rings is 1. The Hall–Kier alpha value is -2.75. The van der Waals surface area contributed by atoms with Crippen LogP contribution in [0, 0.1) is 12.7 Å². The third-order valence-corrected chi connectivity index (χ3v) is 6.11. The number of rotatable bonds is 5. The second kappa shape index (κ2) is 8.41. The third kappa shape index (κ3) is 4.34. The molecule has 2 atom stereocenters. The minimum Gasteiger partial charge on any atom is -0.348 e. The first-order valence-electron chi connectivity index (χ1n) is 9.65. The van der Waals surface area contributed by atoms with Crippen molar-refractivity contribution in [2.75, 3.05) is 0 Å². The van der Waals surface area contributed by atoms with E-state index < -0.39 is 34.9 Å². The molecule has 5 nitrogen and oxygen atoms in total. The average molecular weight is 455 g/mol. The molecule has 0 fully saturated rings. The summed E-state index contributed by atoms with van der Waals surface area (Å²) < 4.78 is 54.9. The number of halogens is 4. The number of benzene rings is 1. The molecule has 0 saturated heterocycles. The van der Waals surface area contributed by atoms with E-state index >= 15 is 0 Å². The van der Waals surface area contributed by atoms with Crippen LogP contribution in [0.4, 0.5) is 17.6 Å². The van der Waals surface area contributed by atoms with E-state index in [-0.39, 0.29) is 28.0 Å². The first kappa shape index (κ1) is 22.9. The van der Waals surface area contributed by atoms with Gasteiger partial charge in [-0.25, -0.2) is 13.8 Å². The predicted octanol–water partition coefficient (Wildman–Crippen LogP) is 4.90. The molecule has 10 heteroatoms. The summed E-state index contributed by atoms with van der Waals surface area (Å²) in [5.41, 5.74) is -1.85. The summed E-state index contributed by atoms with van der Waals surface area (Å²) in [4.78, 5) is 30.6. The van der Waals surface area contributed by atoms with Crippen molar-refractivity contribution < 1.29 is 22.4 Å². The van der Waals surface area contributed by atoms with Crippen LogP contribution < -0.4 is 10.9 Å². The van der Waals surface area contributed by atoms with Gasteiger partial charge in [-0.1, -0.05) is 26.0 Å². The summed E-state index contributed by atoms with van der Waals surface area (Å²) in [6.45, 7) is 6.91. The zero-order valence-corrected chi connectivity index (χ0v) is 18.1. The van der Waals surface area contributed by atoms with Crippen molar-refractivity contribution in [3.63, 3.8) is 0 Å². The van der Waals surface area contributed by atoms with E-state index in [1.54, 1.807) is 6.92 Å². The van der Waals surface area contributed by atoms with Gasteiger partial charge in [0, 0.05) is 22.9 Å². The minimum atomic E-state index is -4.83. The van der Waals surface area contributed by atoms with Gasteiger partial charge in [0.1, 0.15) is 11.5 Å². The number of nitrogens with zero attached hydrogens (tertiary/aromatic N) is 2. The van der Waals surface area contributed by atoms with Crippen LogP contribution in [0.2, 0.25) is 0 Å². The molecule has 0 spiro atoms. The molecule has 0 aliphatic carbocycles. The number of aryl methyl sites for hydroxylation is 1. The van der Waals surface area contributed by atoms with Crippen molar-refractivity contribution in [3.8, 4) is 0 Å². The van der Waals surface area contributed by atoms with Gasteiger partial charge >= 0.3 is 6.18 Å². The zero-order chi connectivity index (χ0) is 23.1. The molecule has 0 aliphatic rings. The Labute approximate surface area is 179 Å². The molecule has 2 unspecified atom stereocenters. The molecule has 31 heavy (non-hydrogen) atoms. The van der Waals surface area contributed by atoms with Crippen LogP contribution in [0.1, 0.15) is 65.3 Å². The maximum atomic E-state index is 14.6. The summed E-state index contributed by atoms with van der Waals surface area (Å²) in [7, 11) is 0. The highest BCUT2D eigenvalue weighted by Gasteiger charge is 2.35. The van der Waals surface area contributed by atoms with Gasteiger partial charge in [0.05, 0.1) is 11.3 Å². The highest BCUT2D eigenvalue weighted by Crippen LogP contribution is 2.35. The number of amides is 1. The molecule has 3 rings (SSSR count). The van der Waals surface area contributed by atoms with Crippen LogP contribution in [0.3, 0.4) is 0 Å². The Morgan fingerprint density at radius 1 is 1.29 bits per heavy atom. The highest BCUT2D eigenvalue weighted by molar-refractivity contribution is 7.17. The molecule has 2 heterocycles. The fourth-order valence-electron chi connectivity index (χ4n) is 3.24. The SMILES string of the molecule is CCC(C)NC(=O)c1c(C)sc2nc(C(C)c3cccc(C(F)(F)F)c3F)cc(=O)n12. The molecular formula is C21H21F4N3O2S. The van der Waals surface area contributed by atoms with Gasteiger partial charge in [0.15, 0.2) is 4.96 Å². The summed E-state index contributed by atoms with van der Waals surface area (Å²) >= 11 is 1.11. The lowest BCUT2D eigenvalue weighted by Crippen LogP contribution is -2.34. The molecule has 2 aromatic heterocycles. The minimum absolute atomic E-state index is 0.0892. The summed E-state index contributed by atoms with van der Waals surface area (Å²) in [5.74, 6) is -2.70. The lowest BCUT2D eigenvalue weighted by molar-refractivity contribution is -0.140. The normalized spacial score (nSPS) is 13.9. The monoisotopic (exact) mass is 455 g/mol. The lowest BCUT2D eigenvalue weighted by atomic mass is 9.95. The Bertz CT molecular complexity index is 1200. The van der Waals surface area contributed by atoms with Crippen LogP contribution in [-0.4, -0.2) is 21.3 Å². The van der Waals surface area contributed by atoms with Crippen molar-refractivity contribution in [1.82, 2.24) is 14.7 Å². The van der Waals surface area contributed by atoms with Crippen LogP contribution in [0.15, 0.2) is 29.1 Å². The second-order valence-electron chi connectivity index (χ2n) is 7.36. The van der Waals surface area contributed by atoms with Crippen molar-refractivity contribution in [2.45, 2.75) is 52.3 Å². The van der Waals surface area contributed by atoms with E-state index in [0.717, 1.165) is 23.5 Å². The van der Waals surface area contributed by atoms with E-state index in [1.807, 2.05) is 13.8 Å². The number of nitrogens with one attached hydrogen (secondary N) is 1. The van der Waals surface area contributed by atoms with Crippen molar-refractivity contribution in [3.05, 3.63) is 67.8 Å². The Morgan fingerprint density at radius 3 is 2.58 bits per heavy atom. The Balaban J connectivity index is 2.09. The first-order chi connectivity index (χ1) is 14.5. The zero-order valence-electron chi connectivity index (χ0n) is 17.3. The average Bonchev–Trinajstić information content (AvgIpc) is 3.03. The fraction of sp³-hybridized carbons (Fsp3) is 0.381. The van der Waals surface area contributed by atoms with E-state index in [4.69, 9.17) is 0 Å². The number of aromatic nitrogens is 2. The fourth-order valence-corrected chi connectivity index (χ4v) is 4.21. The van der Waals surface area contributed by atoms with Crippen LogP contribution in [0.25, 0.3) is 4.96 Å². The number of alkyl halides is 3. The van der Waals surface area contributed by atoms with Gasteiger partial charge in [0.2, 0.25) is 0 Å². The molecule has 1 aromatic carbocycles. The third-order valence-electron chi connectivity index (χ3n) is 5.16. The van der Waals surface area contributed by atoms with E-state index in [0.29, 0.717) is 17.4 Å². The maximum absolute atomic E-state index is 14.6. The molecule has 1 N–H and O–H groups in total. The Kier molecular flexibility index (Phi) is 6.22. The van der Waals surface area contributed by atoms with E-state index in [9.17, 15) is 27.2 Å². The van der Waals surface area contributed by atoms with Crippen LogP contribution in [-0.2, 0) is 6.18 Å². The van der Waals surface area contributed by atoms with Gasteiger partial charge < -0.3 is 5.32 Å². The van der Waals surface area contributed by atoms with E-state index in [2.05, 4.69) is 10.3 Å². The number of carbonyl (C=O) groups excluding carboxylic acids is 1. The number of hydrogen-bond donors (Lipinski definition) is 1. The smallest absolute Gasteiger partial charge is 0.348 e. The van der Waals surface area contributed by atoms with Crippen molar-refractivity contribution in [1.29, 1.82) is 0 Å². The molecule has 0 saturated carbocycles. The topological polar surface area (TPSA) is 63.5 Å². The van der Waals surface area contributed by atoms with Gasteiger partial charge in [-0.05, 0) is 31.9 Å². The highest BCUT2D eigenvalue weighted by atomic mass is 32.1. The largest absolute Gasteiger partial charge is 0.419 e. The predicted molar refractivity (Wildman–Crippen MR) is 110 cm³/mol. The van der Waals surface area contributed by atoms with E-state index in [1.165, 1.54) is 17.4 Å². The van der Waals surface area contributed by atoms with Gasteiger partial charge in [-0.3, -0.25) is 9.59 Å². The van der Waals surface area contributed by atoms with Crippen molar-refractivity contribution in [2.24, 2.45) is 0 Å². The molecule has 3 aromatic rings. The van der Waals surface area contributed by atoms with Gasteiger partial charge in [0.25, 0.3) is 11.5 Å². The molecule has 0 aliphatic heterocycles. The standard InChI is InChI=1S/C21H21F4N3O2S/c1-5-10(2)26-19(30)18-12(4)31-20-27-15(9-16(29)28(18)20)11(3)13-7-6-8-14(17(13)22)21(23,24)25/h6-11H,5H2,1-4H3,(H,26,30). The maximum Gasteiger partial charge on any atom is 0.419 e. The Morgan fingerprint density at radius 2 is 1.97 bits per heavy atom. The van der Waals surface area contributed by atoms with Crippen LogP contribution >= 0.6 is 11.3 Å². The van der Waals surface area contributed by atoms with Gasteiger partial charge in [-0.2, -0.15) is 13.2 Å². The summed E-state index contributed by atoms with van der Waals surface area (Å²) in [5, 5.41) is 2.81. The summed E-state index contributed by atoms with van der Waals surface area (Å²) in [6, 6.07) is 4.07. The number of carbonyl (C=O) groups is 1. The molecular weight excluding hydrogens is 434 g/mol. The lowest BCUT2D eigenvalue weighted by Gasteiger charge is -2.16. The number of hydrogen-bond acceptors (Lipinski definition) is 4. The number of fused-ring (bicyclic) bond motifs is 1. The second-order valence-corrected chi connectivity index (χ2v) is 8.54. The van der Waals surface area contributed by atoms with Crippen molar-refractivity contribution >= 4 is 22.2 Å².